The molecule has 0 aliphatic heterocycles. The fourth-order valence-corrected chi connectivity index (χ4v) is 2.32. The van der Waals surface area contributed by atoms with Crippen LogP contribution < -0.4 is 0 Å². The quantitative estimate of drug-likeness (QED) is 0.562. The minimum absolute atomic E-state index is 0.144. The van der Waals surface area contributed by atoms with Crippen LogP contribution in [-0.2, 0) is 9.53 Å². The molecule has 0 aliphatic rings. The van der Waals surface area contributed by atoms with E-state index in [-0.39, 0.29) is 17.9 Å². The first-order valence-electron chi connectivity index (χ1n) is 5.93. The van der Waals surface area contributed by atoms with Crippen LogP contribution in [0, 0.1) is 0 Å². The number of carbonyl (C=O) groups is 2. The van der Waals surface area contributed by atoms with E-state index in [1.807, 2.05) is 25.1 Å². The van der Waals surface area contributed by atoms with Gasteiger partial charge in [0.15, 0.2) is 0 Å². The Labute approximate surface area is 112 Å². The molecule has 4 heteroatoms. The first-order chi connectivity index (χ1) is 8.59. The molecule has 1 aromatic carbocycles. The lowest BCUT2D eigenvalue weighted by Crippen LogP contribution is -2.17. The van der Waals surface area contributed by atoms with Crippen molar-refractivity contribution in [1.82, 2.24) is 0 Å². The molecule has 0 saturated carbocycles. The van der Waals surface area contributed by atoms with Crippen molar-refractivity contribution >= 4 is 23.5 Å². The number of ketones is 1. The summed E-state index contributed by atoms with van der Waals surface area (Å²) in [6.45, 7) is 3.45. The van der Waals surface area contributed by atoms with Crippen molar-refractivity contribution in [2.24, 2.45) is 0 Å². The highest BCUT2D eigenvalue weighted by Gasteiger charge is 2.11. The number of benzene rings is 1. The number of ether oxygens (including phenoxy) is 1. The van der Waals surface area contributed by atoms with Gasteiger partial charge < -0.3 is 4.74 Å². The standard InChI is InChI=1S/C14H18O3S/c1-11(15)8-9-18-10-12(2)17-14(16)13-6-4-3-5-7-13/h3-7,12H,8-10H2,1-2H3. The number of carbonyl (C=O) groups excluding carboxylic acids is 2. The Morgan fingerprint density at radius 2 is 1.94 bits per heavy atom. The van der Waals surface area contributed by atoms with Crippen LogP contribution in [-0.4, -0.2) is 29.4 Å². The largest absolute Gasteiger partial charge is 0.458 e. The van der Waals surface area contributed by atoms with Crippen molar-refractivity contribution in [3.05, 3.63) is 35.9 Å². The lowest BCUT2D eigenvalue weighted by atomic mass is 10.2. The van der Waals surface area contributed by atoms with E-state index < -0.39 is 0 Å². The van der Waals surface area contributed by atoms with Gasteiger partial charge in [0.2, 0.25) is 0 Å². The van der Waals surface area contributed by atoms with Gasteiger partial charge in [0, 0.05) is 17.9 Å². The van der Waals surface area contributed by atoms with Gasteiger partial charge in [-0.1, -0.05) is 18.2 Å². The summed E-state index contributed by atoms with van der Waals surface area (Å²) >= 11 is 1.63. The molecule has 1 atom stereocenters. The normalized spacial score (nSPS) is 11.9. The van der Waals surface area contributed by atoms with Crippen LogP contribution in [0.1, 0.15) is 30.6 Å². The maximum atomic E-state index is 11.7. The average molecular weight is 266 g/mol. The molecule has 18 heavy (non-hydrogen) atoms. The zero-order valence-electron chi connectivity index (χ0n) is 10.7. The number of Topliss-reactive ketones (excluding diaryl/α,β-unsaturated/α-hetero) is 1. The zero-order valence-corrected chi connectivity index (χ0v) is 11.5. The first kappa shape index (κ1) is 14.8. The molecule has 1 aromatic rings. The Morgan fingerprint density at radius 1 is 1.28 bits per heavy atom. The minimum Gasteiger partial charge on any atom is -0.458 e. The van der Waals surface area contributed by atoms with E-state index in [0.29, 0.717) is 17.7 Å². The van der Waals surface area contributed by atoms with Gasteiger partial charge in [-0.15, -0.1) is 0 Å². The third-order valence-electron chi connectivity index (χ3n) is 2.27. The average Bonchev–Trinajstić information content (AvgIpc) is 2.35. The second-order valence-electron chi connectivity index (χ2n) is 4.11. The molecule has 98 valence electrons. The highest BCUT2D eigenvalue weighted by atomic mass is 32.2. The highest BCUT2D eigenvalue weighted by Crippen LogP contribution is 2.10. The van der Waals surface area contributed by atoms with E-state index in [1.54, 1.807) is 30.8 Å². The first-order valence-corrected chi connectivity index (χ1v) is 7.08. The van der Waals surface area contributed by atoms with Gasteiger partial charge in [-0.2, -0.15) is 11.8 Å². The fraction of sp³-hybridized carbons (Fsp3) is 0.429. The summed E-state index contributed by atoms with van der Waals surface area (Å²) in [7, 11) is 0. The van der Waals surface area contributed by atoms with Gasteiger partial charge >= 0.3 is 5.97 Å². The van der Waals surface area contributed by atoms with Gasteiger partial charge in [-0.25, -0.2) is 4.79 Å². The van der Waals surface area contributed by atoms with Crippen LogP contribution in [0.4, 0.5) is 0 Å². The summed E-state index contributed by atoms with van der Waals surface area (Å²) in [6, 6.07) is 8.94. The molecule has 0 aromatic heterocycles. The summed E-state index contributed by atoms with van der Waals surface area (Å²) in [5.74, 6) is 1.39. The SMILES string of the molecule is CC(=O)CCSCC(C)OC(=O)c1ccccc1. The van der Waals surface area contributed by atoms with Gasteiger partial charge in [-0.3, -0.25) is 4.79 Å². The zero-order chi connectivity index (χ0) is 13.4. The molecule has 0 bridgehead atoms. The van der Waals surface area contributed by atoms with Gasteiger partial charge in [0.1, 0.15) is 11.9 Å². The van der Waals surface area contributed by atoms with E-state index in [4.69, 9.17) is 4.74 Å². The molecular weight excluding hydrogens is 248 g/mol. The molecule has 0 heterocycles. The van der Waals surface area contributed by atoms with Crippen molar-refractivity contribution in [2.75, 3.05) is 11.5 Å². The van der Waals surface area contributed by atoms with E-state index in [2.05, 4.69) is 0 Å². The van der Waals surface area contributed by atoms with Crippen molar-refractivity contribution in [2.45, 2.75) is 26.4 Å². The van der Waals surface area contributed by atoms with Crippen LogP contribution in [0.25, 0.3) is 0 Å². The topological polar surface area (TPSA) is 43.4 Å². The monoisotopic (exact) mass is 266 g/mol. The molecular formula is C14H18O3S. The molecule has 1 unspecified atom stereocenters. The summed E-state index contributed by atoms with van der Waals surface area (Å²) < 4.78 is 5.30. The molecule has 0 N–H and O–H groups in total. The molecule has 0 aliphatic carbocycles. The number of rotatable bonds is 7. The van der Waals surface area contributed by atoms with Crippen LogP contribution in [0.2, 0.25) is 0 Å². The molecule has 0 radical (unpaired) electrons. The number of thioether (sulfide) groups is 1. The third kappa shape index (κ3) is 5.87. The highest BCUT2D eigenvalue weighted by molar-refractivity contribution is 7.99. The summed E-state index contributed by atoms with van der Waals surface area (Å²) in [5.41, 5.74) is 0.568. The molecule has 0 spiro atoms. The number of hydrogen-bond donors (Lipinski definition) is 0. The second kappa shape index (κ2) is 7.93. The van der Waals surface area contributed by atoms with Crippen molar-refractivity contribution < 1.29 is 14.3 Å². The van der Waals surface area contributed by atoms with Gasteiger partial charge in [0.05, 0.1) is 5.56 Å². The van der Waals surface area contributed by atoms with Crippen LogP contribution in [0.15, 0.2) is 30.3 Å². The maximum absolute atomic E-state index is 11.7. The summed E-state index contributed by atoms with van der Waals surface area (Å²) in [5, 5.41) is 0. The Balaban J connectivity index is 2.26. The van der Waals surface area contributed by atoms with Crippen molar-refractivity contribution in [1.29, 1.82) is 0 Å². The smallest absolute Gasteiger partial charge is 0.338 e. The van der Waals surface area contributed by atoms with E-state index in [0.717, 1.165) is 5.75 Å². The molecule has 3 nitrogen and oxygen atoms in total. The molecule has 1 rings (SSSR count). The Morgan fingerprint density at radius 3 is 2.56 bits per heavy atom. The molecule has 0 fully saturated rings. The lowest BCUT2D eigenvalue weighted by molar-refractivity contribution is -0.116. The summed E-state index contributed by atoms with van der Waals surface area (Å²) in [4.78, 5) is 22.5. The third-order valence-corrected chi connectivity index (χ3v) is 3.47. The van der Waals surface area contributed by atoms with Gasteiger partial charge in [0.25, 0.3) is 0 Å². The van der Waals surface area contributed by atoms with Crippen LogP contribution >= 0.6 is 11.8 Å². The Hall–Kier alpha value is -1.29. The van der Waals surface area contributed by atoms with Crippen LogP contribution in [0.3, 0.4) is 0 Å². The van der Waals surface area contributed by atoms with E-state index >= 15 is 0 Å². The lowest BCUT2D eigenvalue weighted by Gasteiger charge is -2.12. The number of esters is 1. The number of hydrogen-bond acceptors (Lipinski definition) is 4. The van der Waals surface area contributed by atoms with Crippen molar-refractivity contribution in [3.63, 3.8) is 0 Å². The minimum atomic E-state index is -0.296. The van der Waals surface area contributed by atoms with Gasteiger partial charge in [-0.05, 0) is 26.0 Å². The van der Waals surface area contributed by atoms with Crippen LogP contribution in [0.5, 0.6) is 0 Å². The van der Waals surface area contributed by atoms with E-state index in [1.165, 1.54) is 0 Å². The fourth-order valence-electron chi connectivity index (χ4n) is 1.32. The Bertz CT molecular complexity index is 389. The predicted molar refractivity (Wildman–Crippen MR) is 73.9 cm³/mol. The maximum Gasteiger partial charge on any atom is 0.338 e. The predicted octanol–water partition coefficient (Wildman–Crippen LogP) is 2.94. The molecule has 0 saturated heterocycles. The summed E-state index contributed by atoms with van der Waals surface area (Å²) in [6.07, 6.45) is 0.430. The molecule has 0 amide bonds. The second-order valence-corrected chi connectivity index (χ2v) is 5.26. The van der Waals surface area contributed by atoms with Crippen molar-refractivity contribution in [3.8, 4) is 0 Å². The Kier molecular flexibility index (Phi) is 6.50. The van der Waals surface area contributed by atoms with E-state index in [9.17, 15) is 9.59 Å².